The van der Waals surface area contributed by atoms with Crippen LogP contribution in [0.2, 0.25) is 0 Å². The van der Waals surface area contributed by atoms with E-state index >= 15 is 0 Å². The number of nitrogens with one attached hydrogen (secondary N) is 1. The van der Waals surface area contributed by atoms with Gasteiger partial charge in [-0.1, -0.05) is 18.2 Å². The van der Waals surface area contributed by atoms with Crippen LogP contribution in [0.4, 0.5) is 8.78 Å². The van der Waals surface area contributed by atoms with Crippen LogP contribution < -0.4 is 5.32 Å². The number of alkyl halides is 2. The van der Waals surface area contributed by atoms with E-state index in [9.17, 15) is 17.2 Å². The first-order valence-electron chi connectivity index (χ1n) is 4.61. The highest BCUT2D eigenvalue weighted by molar-refractivity contribution is 7.90. The Hall–Kier alpha value is -1.01. The maximum absolute atomic E-state index is 13.6. The molecule has 0 radical (unpaired) electrons. The summed E-state index contributed by atoms with van der Waals surface area (Å²) in [4.78, 5) is -0.324. The van der Waals surface area contributed by atoms with Crippen molar-refractivity contribution in [3.8, 4) is 0 Å². The molecule has 1 aromatic carbocycles. The van der Waals surface area contributed by atoms with Gasteiger partial charge >= 0.3 is 0 Å². The molecule has 16 heavy (non-hydrogen) atoms. The Morgan fingerprint density at radius 1 is 1.31 bits per heavy atom. The highest BCUT2D eigenvalue weighted by Gasteiger charge is 2.35. The average molecular weight is 249 g/mol. The molecule has 1 N–H and O–H groups in total. The topological polar surface area (TPSA) is 46.2 Å². The zero-order chi connectivity index (χ0) is 12.4. The molecule has 0 atom stereocenters. The SMILES string of the molecule is CNCC(F)(F)c1ccccc1S(C)(=O)=O. The van der Waals surface area contributed by atoms with Gasteiger partial charge in [0.1, 0.15) is 0 Å². The number of hydrogen-bond acceptors (Lipinski definition) is 3. The largest absolute Gasteiger partial charge is 0.314 e. The van der Waals surface area contributed by atoms with Gasteiger partial charge in [0, 0.05) is 11.8 Å². The highest BCUT2D eigenvalue weighted by Crippen LogP contribution is 2.32. The lowest BCUT2D eigenvalue weighted by molar-refractivity contribution is -0.00412. The smallest absolute Gasteiger partial charge is 0.286 e. The number of halogens is 2. The van der Waals surface area contributed by atoms with E-state index in [4.69, 9.17) is 0 Å². The van der Waals surface area contributed by atoms with Gasteiger partial charge in [0.05, 0.1) is 11.4 Å². The number of likely N-dealkylation sites (N-methyl/N-ethyl adjacent to an activating group) is 1. The second kappa shape index (κ2) is 4.47. The molecule has 0 spiro atoms. The summed E-state index contributed by atoms with van der Waals surface area (Å²) in [6.45, 7) is -0.598. The number of hydrogen-bond donors (Lipinski definition) is 1. The van der Waals surface area contributed by atoms with Gasteiger partial charge in [-0.3, -0.25) is 0 Å². The Morgan fingerprint density at radius 3 is 2.38 bits per heavy atom. The summed E-state index contributed by atoms with van der Waals surface area (Å²) >= 11 is 0. The summed E-state index contributed by atoms with van der Waals surface area (Å²) in [6.07, 6.45) is 0.918. The van der Waals surface area contributed by atoms with E-state index in [0.29, 0.717) is 0 Å². The van der Waals surface area contributed by atoms with Crippen molar-refractivity contribution < 1.29 is 17.2 Å². The zero-order valence-electron chi connectivity index (χ0n) is 9.00. The van der Waals surface area contributed by atoms with Crippen LogP contribution in [0, 0.1) is 0 Å². The molecule has 0 saturated carbocycles. The van der Waals surface area contributed by atoms with Crippen molar-refractivity contribution in [2.24, 2.45) is 0 Å². The van der Waals surface area contributed by atoms with Gasteiger partial charge in [0.15, 0.2) is 9.84 Å². The maximum Gasteiger partial charge on any atom is 0.286 e. The Morgan fingerprint density at radius 2 is 1.88 bits per heavy atom. The van der Waals surface area contributed by atoms with Gasteiger partial charge in [-0.15, -0.1) is 0 Å². The number of rotatable bonds is 4. The fourth-order valence-electron chi connectivity index (χ4n) is 1.41. The maximum atomic E-state index is 13.6. The van der Waals surface area contributed by atoms with Crippen LogP contribution >= 0.6 is 0 Å². The molecule has 0 aromatic heterocycles. The predicted molar refractivity (Wildman–Crippen MR) is 57.4 cm³/mol. The normalized spacial score (nSPS) is 12.8. The molecule has 0 amide bonds. The Bertz CT molecular complexity index is 471. The van der Waals surface area contributed by atoms with E-state index in [1.165, 1.54) is 25.2 Å². The molecule has 0 heterocycles. The van der Waals surface area contributed by atoms with Gasteiger partial charge in [-0.25, -0.2) is 8.42 Å². The lowest BCUT2D eigenvalue weighted by Crippen LogP contribution is -2.29. The Kier molecular flexibility index (Phi) is 3.64. The Balaban J connectivity index is 3.35. The van der Waals surface area contributed by atoms with Crippen LogP contribution in [-0.2, 0) is 15.8 Å². The quantitative estimate of drug-likeness (QED) is 0.877. The van der Waals surface area contributed by atoms with Crippen molar-refractivity contribution in [1.82, 2.24) is 5.32 Å². The summed E-state index contributed by atoms with van der Waals surface area (Å²) in [7, 11) is -2.26. The fraction of sp³-hybridized carbons (Fsp3) is 0.400. The van der Waals surface area contributed by atoms with E-state index < -0.39 is 27.9 Å². The molecule has 0 unspecified atom stereocenters. The van der Waals surface area contributed by atoms with E-state index in [2.05, 4.69) is 5.32 Å². The number of benzene rings is 1. The molecule has 0 aliphatic carbocycles. The van der Waals surface area contributed by atoms with Crippen LogP contribution in [-0.4, -0.2) is 28.3 Å². The second-order valence-corrected chi connectivity index (χ2v) is 5.49. The fourth-order valence-corrected chi connectivity index (χ4v) is 2.35. The van der Waals surface area contributed by atoms with Crippen LogP contribution in [0.25, 0.3) is 0 Å². The van der Waals surface area contributed by atoms with Crippen LogP contribution in [0.1, 0.15) is 5.56 Å². The molecule has 1 rings (SSSR count). The van der Waals surface area contributed by atoms with Crippen LogP contribution in [0.15, 0.2) is 29.2 Å². The van der Waals surface area contributed by atoms with Crippen molar-refractivity contribution in [2.75, 3.05) is 19.8 Å². The molecule has 0 bridgehead atoms. The van der Waals surface area contributed by atoms with Crippen molar-refractivity contribution in [1.29, 1.82) is 0 Å². The van der Waals surface area contributed by atoms with Gasteiger partial charge in [-0.2, -0.15) is 8.78 Å². The summed E-state index contributed by atoms with van der Waals surface area (Å²) in [6, 6.07) is 5.14. The summed E-state index contributed by atoms with van der Waals surface area (Å²) < 4.78 is 49.9. The zero-order valence-corrected chi connectivity index (χ0v) is 9.81. The van der Waals surface area contributed by atoms with Crippen molar-refractivity contribution in [3.63, 3.8) is 0 Å². The first-order valence-corrected chi connectivity index (χ1v) is 6.50. The minimum Gasteiger partial charge on any atom is -0.314 e. The molecule has 90 valence electrons. The lowest BCUT2D eigenvalue weighted by atomic mass is 10.1. The monoisotopic (exact) mass is 249 g/mol. The third kappa shape index (κ3) is 2.76. The molecule has 0 aliphatic rings. The van der Waals surface area contributed by atoms with Gasteiger partial charge in [0.2, 0.25) is 0 Å². The molecule has 0 aliphatic heterocycles. The first-order chi connectivity index (χ1) is 7.29. The molecule has 0 saturated heterocycles. The number of sulfone groups is 1. The third-order valence-corrected chi connectivity index (χ3v) is 3.23. The van der Waals surface area contributed by atoms with E-state index in [-0.39, 0.29) is 4.90 Å². The lowest BCUT2D eigenvalue weighted by Gasteiger charge is -2.18. The second-order valence-electron chi connectivity index (χ2n) is 3.50. The van der Waals surface area contributed by atoms with E-state index in [0.717, 1.165) is 12.3 Å². The van der Waals surface area contributed by atoms with Gasteiger partial charge in [0.25, 0.3) is 5.92 Å². The van der Waals surface area contributed by atoms with Crippen molar-refractivity contribution in [3.05, 3.63) is 29.8 Å². The molecule has 1 aromatic rings. The van der Waals surface area contributed by atoms with E-state index in [1.807, 2.05) is 0 Å². The third-order valence-electron chi connectivity index (χ3n) is 2.08. The molecular weight excluding hydrogens is 236 g/mol. The van der Waals surface area contributed by atoms with Gasteiger partial charge < -0.3 is 5.32 Å². The highest BCUT2D eigenvalue weighted by atomic mass is 32.2. The minimum atomic E-state index is -3.64. The Labute approximate surface area is 93.4 Å². The molecule has 0 fully saturated rings. The van der Waals surface area contributed by atoms with Crippen LogP contribution in [0.3, 0.4) is 0 Å². The standard InChI is InChI=1S/C10H13F2NO2S/c1-13-7-10(11,12)8-5-3-4-6-9(8)16(2,14)15/h3-6,13H,7H2,1-2H3. The molecule has 3 nitrogen and oxygen atoms in total. The minimum absolute atomic E-state index is 0.324. The summed E-state index contributed by atoms with van der Waals surface area (Å²) in [5.74, 6) is -3.20. The molecular formula is C10H13F2NO2S. The van der Waals surface area contributed by atoms with Crippen molar-refractivity contribution >= 4 is 9.84 Å². The average Bonchev–Trinajstić information content (AvgIpc) is 2.16. The van der Waals surface area contributed by atoms with Crippen LogP contribution in [0.5, 0.6) is 0 Å². The van der Waals surface area contributed by atoms with Gasteiger partial charge in [-0.05, 0) is 13.1 Å². The van der Waals surface area contributed by atoms with Crippen molar-refractivity contribution in [2.45, 2.75) is 10.8 Å². The first kappa shape index (κ1) is 13.1. The summed E-state index contributed by atoms with van der Waals surface area (Å²) in [5, 5.41) is 2.34. The molecule has 6 heteroatoms. The van der Waals surface area contributed by atoms with E-state index in [1.54, 1.807) is 0 Å². The summed E-state index contributed by atoms with van der Waals surface area (Å²) in [5.41, 5.74) is -0.466. The predicted octanol–water partition coefficient (Wildman–Crippen LogP) is 1.40.